The van der Waals surface area contributed by atoms with Gasteiger partial charge in [0.2, 0.25) is 0 Å². The summed E-state index contributed by atoms with van der Waals surface area (Å²) in [7, 11) is 0. The molecule has 100 valence electrons. The number of hydrogen-bond donors (Lipinski definition) is 0. The third-order valence-electron chi connectivity index (χ3n) is 3.83. The van der Waals surface area contributed by atoms with Crippen molar-refractivity contribution in [1.29, 1.82) is 0 Å². The molecule has 1 aliphatic heterocycles. The first-order valence-corrected chi connectivity index (χ1v) is 9.25. The van der Waals surface area contributed by atoms with Gasteiger partial charge in [0.15, 0.2) is 0 Å². The van der Waals surface area contributed by atoms with Crippen molar-refractivity contribution < 1.29 is 0 Å². The second-order valence-corrected chi connectivity index (χ2v) is 7.86. The van der Waals surface area contributed by atoms with E-state index in [-0.39, 0.29) is 15.8 Å². The van der Waals surface area contributed by atoms with Gasteiger partial charge in [0.25, 0.3) is 0 Å². The average Bonchev–Trinajstić information content (AvgIpc) is 2.96. The summed E-state index contributed by atoms with van der Waals surface area (Å²) in [5.74, 6) is 0. The van der Waals surface area contributed by atoms with Gasteiger partial charge in [0.1, 0.15) is 0 Å². The van der Waals surface area contributed by atoms with E-state index in [1.165, 1.54) is 22.3 Å². The zero-order valence-electron chi connectivity index (χ0n) is 11.6. The molecule has 3 aromatic carbocycles. The van der Waals surface area contributed by atoms with E-state index in [9.17, 15) is 0 Å². The van der Waals surface area contributed by atoms with Crippen LogP contribution in [0.25, 0.3) is 9.93 Å². The van der Waals surface area contributed by atoms with Crippen LogP contribution in [0.1, 0.15) is 16.7 Å². The van der Waals surface area contributed by atoms with Gasteiger partial charge in [0.05, 0.1) is 0 Å². The minimum absolute atomic E-state index is 0.262. The van der Waals surface area contributed by atoms with Crippen LogP contribution in [0, 0.1) is 0 Å². The normalized spacial score (nSPS) is 14.5. The molecule has 21 heavy (non-hydrogen) atoms. The summed E-state index contributed by atoms with van der Waals surface area (Å²) in [6.07, 6.45) is 0. The van der Waals surface area contributed by atoms with Gasteiger partial charge in [-0.15, -0.1) is 0 Å². The van der Waals surface area contributed by atoms with E-state index in [0.717, 1.165) is 0 Å². The monoisotopic (exact) mass is 330 g/mol. The molecule has 0 saturated carbocycles. The summed E-state index contributed by atoms with van der Waals surface area (Å²) >= 11 is -0.262. The van der Waals surface area contributed by atoms with Crippen molar-refractivity contribution in [2.24, 2.45) is 0 Å². The number of rotatable bonds is 2. The molecule has 0 fully saturated rings. The Labute approximate surface area is 131 Å². The van der Waals surface area contributed by atoms with Gasteiger partial charge in [-0.3, -0.25) is 0 Å². The first kappa shape index (κ1) is 12.7. The molecular formula is C20H15As. The van der Waals surface area contributed by atoms with Gasteiger partial charge >= 0.3 is 132 Å². The molecule has 0 nitrogen and oxygen atoms in total. The van der Waals surface area contributed by atoms with Crippen molar-refractivity contribution in [2.45, 2.75) is 0 Å². The second-order valence-electron chi connectivity index (χ2n) is 5.15. The molecule has 0 aliphatic carbocycles. The van der Waals surface area contributed by atoms with Crippen LogP contribution in [0.4, 0.5) is 0 Å². The molecule has 1 aliphatic rings. The van der Waals surface area contributed by atoms with Crippen LogP contribution in [-0.2, 0) is 0 Å². The van der Waals surface area contributed by atoms with E-state index in [2.05, 4.69) is 84.9 Å². The molecule has 1 atom stereocenters. The molecule has 0 N–H and O–H groups in total. The molecule has 0 radical (unpaired) electrons. The quantitative estimate of drug-likeness (QED) is 0.629. The SMILES string of the molecule is c1ccc(C2=C(c3ccccc3)c3ccccc3[AsH]2)cc1. The van der Waals surface area contributed by atoms with Crippen molar-refractivity contribution in [2.75, 3.05) is 0 Å². The van der Waals surface area contributed by atoms with Gasteiger partial charge in [0, 0.05) is 0 Å². The molecule has 1 heteroatoms. The molecule has 0 spiro atoms. The molecule has 4 rings (SSSR count). The van der Waals surface area contributed by atoms with Crippen molar-refractivity contribution in [3.8, 4) is 0 Å². The Hall–Kier alpha value is -2.04. The zero-order chi connectivity index (χ0) is 14.1. The van der Waals surface area contributed by atoms with Gasteiger partial charge in [-0.2, -0.15) is 0 Å². The number of fused-ring (bicyclic) bond motifs is 1. The molecule has 0 amide bonds. The van der Waals surface area contributed by atoms with Crippen LogP contribution in [-0.4, -0.2) is 15.8 Å². The van der Waals surface area contributed by atoms with E-state index in [1.54, 1.807) is 8.71 Å². The Balaban J connectivity index is 1.97. The number of benzene rings is 3. The minimum atomic E-state index is -0.262. The average molecular weight is 330 g/mol. The Kier molecular flexibility index (Phi) is 3.25. The van der Waals surface area contributed by atoms with Gasteiger partial charge in [-0.05, 0) is 0 Å². The second kappa shape index (κ2) is 5.39. The summed E-state index contributed by atoms with van der Waals surface area (Å²) in [4.78, 5) is 0. The third-order valence-corrected chi connectivity index (χ3v) is 6.97. The molecule has 0 saturated heterocycles. The Morgan fingerprint density at radius 2 is 1.10 bits per heavy atom. The summed E-state index contributed by atoms with van der Waals surface area (Å²) in [6, 6.07) is 30.6. The van der Waals surface area contributed by atoms with Crippen LogP contribution < -0.4 is 4.35 Å². The van der Waals surface area contributed by atoms with Crippen LogP contribution in [0.15, 0.2) is 84.9 Å². The number of hydrogen-bond acceptors (Lipinski definition) is 0. The fraction of sp³-hybridized carbons (Fsp3) is 0. The molecule has 3 aromatic rings. The van der Waals surface area contributed by atoms with Crippen molar-refractivity contribution >= 4 is 30.0 Å². The van der Waals surface area contributed by atoms with Crippen LogP contribution in [0.5, 0.6) is 0 Å². The molecular weight excluding hydrogens is 315 g/mol. The predicted octanol–water partition coefficient (Wildman–Crippen LogP) is 3.68. The Morgan fingerprint density at radius 1 is 0.524 bits per heavy atom. The van der Waals surface area contributed by atoms with E-state index in [0.29, 0.717) is 0 Å². The van der Waals surface area contributed by atoms with Crippen LogP contribution in [0.3, 0.4) is 0 Å². The Bertz CT molecular complexity index is 802. The fourth-order valence-corrected chi connectivity index (χ4v) is 6.03. The van der Waals surface area contributed by atoms with Crippen molar-refractivity contribution in [3.63, 3.8) is 0 Å². The topological polar surface area (TPSA) is 0 Å². The van der Waals surface area contributed by atoms with Crippen LogP contribution >= 0.6 is 0 Å². The molecule has 1 heterocycles. The molecule has 0 bridgehead atoms. The fourth-order valence-electron chi connectivity index (χ4n) is 2.87. The van der Waals surface area contributed by atoms with Crippen molar-refractivity contribution in [3.05, 3.63) is 102 Å². The van der Waals surface area contributed by atoms with E-state index >= 15 is 0 Å². The summed E-state index contributed by atoms with van der Waals surface area (Å²) in [5.41, 5.74) is 5.59. The molecule has 1 unspecified atom stereocenters. The van der Waals surface area contributed by atoms with Gasteiger partial charge in [-0.1, -0.05) is 0 Å². The zero-order valence-corrected chi connectivity index (χ0v) is 13.7. The van der Waals surface area contributed by atoms with Gasteiger partial charge < -0.3 is 0 Å². The third kappa shape index (κ3) is 2.26. The first-order valence-electron chi connectivity index (χ1n) is 7.15. The van der Waals surface area contributed by atoms with Gasteiger partial charge in [-0.25, -0.2) is 0 Å². The maximum atomic E-state index is 2.30. The Morgan fingerprint density at radius 3 is 1.81 bits per heavy atom. The maximum absolute atomic E-state index is 2.30. The van der Waals surface area contributed by atoms with Crippen molar-refractivity contribution in [1.82, 2.24) is 0 Å². The summed E-state index contributed by atoms with van der Waals surface area (Å²) < 4.78 is 3.11. The van der Waals surface area contributed by atoms with E-state index in [1.807, 2.05) is 0 Å². The summed E-state index contributed by atoms with van der Waals surface area (Å²) in [6.45, 7) is 0. The first-order chi connectivity index (χ1) is 10.4. The van der Waals surface area contributed by atoms with Crippen LogP contribution in [0.2, 0.25) is 0 Å². The predicted molar refractivity (Wildman–Crippen MR) is 92.0 cm³/mol. The standard InChI is InChI=1S/C20H15As/c1-3-9-15(10-4-1)19-17-13-7-8-14-18(17)21-20(19)16-11-5-2-6-12-16/h1-14,21H. The summed E-state index contributed by atoms with van der Waals surface area (Å²) in [5, 5.41) is 0. The molecule has 0 aromatic heterocycles. The van der Waals surface area contributed by atoms with E-state index < -0.39 is 0 Å². The van der Waals surface area contributed by atoms with E-state index in [4.69, 9.17) is 0 Å².